The second kappa shape index (κ2) is 7.01. The van der Waals surface area contributed by atoms with E-state index in [1.165, 1.54) is 12.3 Å². The number of aliphatic hydroxyl groups is 2. The van der Waals surface area contributed by atoms with Gasteiger partial charge in [0.15, 0.2) is 6.23 Å². The summed E-state index contributed by atoms with van der Waals surface area (Å²) in [6, 6.07) is 1.35. The Balaban J connectivity index is 1.70. The van der Waals surface area contributed by atoms with Crippen LogP contribution >= 0.6 is 7.75 Å². The SMILES string of the molecule is C[N+]1(P(=O)([O-])OC[C@H]2O[C@@H](n3ccc(N)nc3=O)[C@@H](O)[C@@H]2O)CCCC1. The second-order valence-electron chi connectivity index (χ2n) is 6.85. The zero-order valence-electron chi connectivity index (χ0n) is 14.3. The first-order chi connectivity index (χ1) is 12.1. The minimum atomic E-state index is -4.24. The third-order valence-corrected chi connectivity index (χ3v) is 7.04. The number of nitrogens with two attached hydrogens (primary N) is 1. The van der Waals surface area contributed by atoms with Crippen LogP contribution in [0, 0.1) is 0 Å². The van der Waals surface area contributed by atoms with Crippen molar-refractivity contribution in [1.82, 2.24) is 9.55 Å². The summed E-state index contributed by atoms with van der Waals surface area (Å²) in [4.78, 5) is 27.9. The van der Waals surface area contributed by atoms with E-state index in [-0.39, 0.29) is 10.1 Å². The van der Waals surface area contributed by atoms with Crippen molar-refractivity contribution in [2.75, 3.05) is 32.5 Å². The fourth-order valence-electron chi connectivity index (χ4n) is 3.28. The number of hydrogen-bond donors (Lipinski definition) is 3. The second-order valence-corrected chi connectivity index (χ2v) is 9.01. The highest BCUT2D eigenvalue weighted by Crippen LogP contribution is 2.51. The summed E-state index contributed by atoms with van der Waals surface area (Å²) in [5.74, 6) is 0.00837. The van der Waals surface area contributed by atoms with Gasteiger partial charge in [-0.25, -0.2) is 9.36 Å². The first kappa shape index (κ1) is 19.4. The highest BCUT2D eigenvalue weighted by Gasteiger charge is 2.46. The maximum Gasteiger partial charge on any atom is 0.351 e. The van der Waals surface area contributed by atoms with E-state index in [2.05, 4.69) is 4.98 Å². The summed E-state index contributed by atoms with van der Waals surface area (Å²) in [6.45, 7) is 0.472. The number of anilines is 1. The molecule has 0 saturated carbocycles. The molecule has 0 bridgehead atoms. The zero-order chi connectivity index (χ0) is 19.1. The Hall–Kier alpha value is -1.33. The number of aliphatic hydroxyl groups excluding tert-OH is 2. The molecule has 146 valence electrons. The number of nitrogen functional groups attached to an aromatic ring is 1. The van der Waals surface area contributed by atoms with Crippen molar-refractivity contribution < 1.29 is 33.2 Å². The molecule has 2 fully saturated rings. The number of aromatic nitrogens is 2. The fourth-order valence-corrected chi connectivity index (χ4v) is 4.67. The third-order valence-electron chi connectivity index (χ3n) is 4.99. The molecule has 5 atom stereocenters. The van der Waals surface area contributed by atoms with Gasteiger partial charge in [-0.2, -0.15) is 4.98 Å². The summed E-state index contributed by atoms with van der Waals surface area (Å²) in [6.07, 6.45) is -2.34. The number of rotatable bonds is 5. The largest absolute Gasteiger partial charge is 0.730 e. The lowest BCUT2D eigenvalue weighted by Gasteiger charge is -2.40. The molecule has 3 heterocycles. The van der Waals surface area contributed by atoms with E-state index in [0.717, 1.165) is 17.4 Å². The molecule has 26 heavy (non-hydrogen) atoms. The van der Waals surface area contributed by atoms with Crippen molar-refractivity contribution in [2.24, 2.45) is 0 Å². The molecule has 0 aliphatic carbocycles. The molecule has 11 nitrogen and oxygen atoms in total. The minimum absolute atomic E-state index is 0.00837. The van der Waals surface area contributed by atoms with E-state index in [9.17, 15) is 24.5 Å². The summed E-state index contributed by atoms with van der Waals surface area (Å²) in [5, 5.41) is 20.3. The molecule has 2 aliphatic rings. The van der Waals surface area contributed by atoms with Gasteiger partial charge >= 0.3 is 13.4 Å². The van der Waals surface area contributed by atoms with Gasteiger partial charge in [0.05, 0.1) is 26.7 Å². The molecule has 1 aromatic rings. The Morgan fingerprint density at radius 3 is 2.73 bits per heavy atom. The van der Waals surface area contributed by atoms with Crippen LogP contribution in [-0.4, -0.2) is 69.1 Å². The minimum Gasteiger partial charge on any atom is -0.730 e. The Kier molecular flexibility index (Phi) is 5.24. The van der Waals surface area contributed by atoms with Gasteiger partial charge in [0.1, 0.15) is 24.1 Å². The number of quaternary nitrogens is 1. The summed E-state index contributed by atoms with van der Waals surface area (Å²) in [7, 11) is -2.65. The van der Waals surface area contributed by atoms with E-state index < -0.39 is 44.6 Å². The summed E-state index contributed by atoms with van der Waals surface area (Å²) in [5.41, 5.74) is 4.66. The van der Waals surface area contributed by atoms with Crippen molar-refractivity contribution in [3.8, 4) is 0 Å². The standard InChI is InChI=1S/C14H23N4O7P/c1-18(6-2-3-7-18)26(22,23)24-8-9-11(19)12(20)13(25-9)17-5-4-10(15)16-14(17)21/h4-5,9,11-13,19-20H,2-3,6-8H2,1H3,(H2-,15,16,21,22,23)/t9-,11-,12+,13-/m1/s1. The first-order valence-corrected chi connectivity index (χ1v) is 9.81. The lowest BCUT2D eigenvalue weighted by Crippen LogP contribution is -2.43. The van der Waals surface area contributed by atoms with Gasteiger partial charge < -0.3 is 25.6 Å². The molecule has 4 N–H and O–H groups in total. The topological polar surface area (TPSA) is 160 Å². The zero-order valence-corrected chi connectivity index (χ0v) is 15.2. The predicted octanol–water partition coefficient (Wildman–Crippen LogP) is -1.83. The fraction of sp³-hybridized carbons (Fsp3) is 0.714. The van der Waals surface area contributed by atoms with Crippen LogP contribution in [0.3, 0.4) is 0 Å². The Morgan fingerprint density at radius 1 is 1.46 bits per heavy atom. The molecule has 0 spiro atoms. The molecule has 3 rings (SSSR count). The molecule has 1 aromatic heterocycles. The van der Waals surface area contributed by atoms with Gasteiger partial charge in [0, 0.05) is 19.0 Å². The van der Waals surface area contributed by atoms with Gasteiger partial charge in [0.2, 0.25) is 0 Å². The van der Waals surface area contributed by atoms with Gasteiger partial charge in [-0.1, -0.05) is 0 Å². The molecule has 0 radical (unpaired) electrons. The normalized spacial score (nSPS) is 33.2. The van der Waals surface area contributed by atoms with Crippen LogP contribution in [0.1, 0.15) is 19.1 Å². The third kappa shape index (κ3) is 3.44. The van der Waals surface area contributed by atoms with Gasteiger partial charge in [-0.05, 0) is 6.07 Å². The molecule has 0 aromatic carbocycles. The quantitative estimate of drug-likeness (QED) is 0.491. The van der Waals surface area contributed by atoms with Crippen LogP contribution in [-0.2, 0) is 13.8 Å². The van der Waals surface area contributed by atoms with E-state index in [4.69, 9.17) is 15.0 Å². The number of ether oxygens (including phenoxy) is 1. The summed E-state index contributed by atoms with van der Waals surface area (Å²) < 4.78 is 23.8. The van der Waals surface area contributed by atoms with Gasteiger partial charge in [0.25, 0.3) is 0 Å². The average Bonchev–Trinajstić information content (AvgIpc) is 3.13. The van der Waals surface area contributed by atoms with Gasteiger partial charge in [-0.15, -0.1) is 0 Å². The van der Waals surface area contributed by atoms with E-state index in [1.807, 2.05) is 0 Å². The highest BCUT2D eigenvalue weighted by atomic mass is 31.2. The molecule has 1 unspecified atom stereocenters. The Labute approximate surface area is 149 Å². The van der Waals surface area contributed by atoms with Crippen LogP contribution < -0.4 is 16.3 Å². The molecule has 2 aliphatic heterocycles. The van der Waals surface area contributed by atoms with Gasteiger partial charge in [-0.3, -0.25) is 13.3 Å². The molecule has 0 amide bonds. The number of likely N-dealkylation sites (tertiary alicyclic amines) is 1. The van der Waals surface area contributed by atoms with Crippen molar-refractivity contribution in [1.29, 1.82) is 0 Å². The van der Waals surface area contributed by atoms with Crippen LogP contribution in [0.25, 0.3) is 0 Å². The van der Waals surface area contributed by atoms with Crippen LogP contribution in [0.5, 0.6) is 0 Å². The Morgan fingerprint density at radius 2 is 2.12 bits per heavy atom. The highest BCUT2D eigenvalue weighted by molar-refractivity contribution is 7.45. The first-order valence-electron chi connectivity index (χ1n) is 8.31. The maximum atomic E-state index is 12.4. The van der Waals surface area contributed by atoms with Crippen molar-refractivity contribution in [3.05, 3.63) is 22.7 Å². The smallest absolute Gasteiger partial charge is 0.351 e. The van der Waals surface area contributed by atoms with Crippen molar-refractivity contribution in [3.63, 3.8) is 0 Å². The maximum absolute atomic E-state index is 12.4. The van der Waals surface area contributed by atoms with Crippen LogP contribution in [0.15, 0.2) is 17.1 Å². The van der Waals surface area contributed by atoms with Crippen molar-refractivity contribution in [2.45, 2.75) is 37.4 Å². The molecular weight excluding hydrogens is 367 g/mol. The number of nitrogens with zero attached hydrogens (tertiary/aromatic N) is 3. The summed E-state index contributed by atoms with van der Waals surface area (Å²) >= 11 is 0. The van der Waals surface area contributed by atoms with Crippen molar-refractivity contribution >= 4 is 13.6 Å². The lowest BCUT2D eigenvalue weighted by molar-refractivity contribution is -0.803. The molecule has 2 saturated heterocycles. The monoisotopic (exact) mass is 390 g/mol. The van der Waals surface area contributed by atoms with Crippen LogP contribution in [0.2, 0.25) is 0 Å². The van der Waals surface area contributed by atoms with E-state index >= 15 is 0 Å². The van der Waals surface area contributed by atoms with Crippen LogP contribution in [0.4, 0.5) is 5.82 Å². The predicted molar refractivity (Wildman–Crippen MR) is 87.5 cm³/mol. The lowest BCUT2D eigenvalue weighted by atomic mass is 10.1. The van der Waals surface area contributed by atoms with E-state index in [0.29, 0.717) is 13.1 Å². The average molecular weight is 390 g/mol. The molecular formula is C14H23N4O7P. The molecule has 12 heteroatoms. The Bertz CT molecular complexity index is 766. The van der Waals surface area contributed by atoms with E-state index in [1.54, 1.807) is 7.05 Å². The number of hydrogen-bond acceptors (Lipinski definition) is 9.